The van der Waals surface area contributed by atoms with Crippen LogP contribution in [0.15, 0.2) is 12.1 Å². The number of aryl methyl sites for hydroxylation is 1. The summed E-state index contributed by atoms with van der Waals surface area (Å²) in [7, 11) is 1.39. The highest BCUT2D eigenvalue weighted by Crippen LogP contribution is 2.38. The van der Waals surface area contributed by atoms with Gasteiger partial charge in [0, 0.05) is 6.42 Å². The van der Waals surface area contributed by atoms with E-state index in [1.165, 1.54) is 7.11 Å². The lowest BCUT2D eigenvalue weighted by Crippen LogP contribution is -2.13. The van der Waals surface area contributed by atoms with E-state index in [4.69, 9.17) is 4.74 Å². The first-order valence-corrected chi connectivity index (χ1v) is 5.86. The minimum absolute atomic E-state index is 0.310. The molecule has 0 amide bonds. The summed E-state index contributed by atoms with van der Waals surface area (Å²) in [6.45, 7) is 3.89. The van der Waals surface area contributed by atoms with Crippen molar-refractivity contribution in [3.63, 3.8) is 0 Å². The predicted molar refractivity (Wildman–Crippen MR) is 65.1 cm³/mol. The van der Waals surface area contributed by atoms with Gasteiger partial charge in [-0.3, -0.25) is 0 Å². The summed E-state index contributed by atoms with van der Waals surface area (Å²) in [5, 5.41) is 9.91. The number of carbonyl (C=O) groups excluding carboxylic acids is 1. The van der Waals surface area contributed by atoms with Crippen LogP contribution >= 0.6 is 0 Å². The fourth-order valence-corrected chi connectivity index (χ4v) is 2.06. The first-order valence-electron chi connectivity index (χ1n) is 5.86. The van der Waals surface area contributed by atoms with Crippen LogP contribution in [-0.2, 0) is 11.2 Å². The van der Waals surface area contributed by atoms with Gasteiger partial charge in [0.15, 0.2) is 0 Å². The van der Waals surface area contributed by atoms with Crippen LogP contribution < -0.4 is 0 Å². The summed E-state index contributed by atoms with van der Waals surface area (Å²) in [6.07, 6.45) is 2.33. The van der Waals surface area contributed by atoms with Gasteiger partial charge in [0.05, 0.1) is 18.3 Å². The number of hydrogen-bond acceptors (Lipinski definition) is 3. The molecule has 0 bridgehead atoms. The number of ether oxygens (including phenoxy) is 1. The molecule has 0 aliphatic heterocycles. The molecule has 1 aromatic rings. The molecule has 0 atom stereocenters. The van der Waals surface area contributed by atoms with Crippen molar-refractivity contribution in [3.05, 3.63) is 34.4 Å². The molecule has 3 nitrogen and oxygen atoms in total. The highest BCUT2D eigenvalue weighted by atomic mass is 16.5. The van der Waals surface area contributed by atoms with E-state index < -0.39 is 5.60 Å². The average Bonchev–Trinajstić information content (AvgIpc) is 3.00. The van der Waals surface area contributed by atoms with E-state index in [2.05, 4.69) is 0 Å². The van der Waals surface area contributed by atoms with Gasteiger partial charge < -0.3 is 9.84 Å². The molecule has 1 N–H and O–H groups in total. The zero-order valence-electron chi connectivity index (χ0n) is 10.5. The van der Waals surface area contributed by atoms with Crippen molar-refractivity contribution < 1.29 is 14.6 Å². The Labute approximate surface area is 101 Å². The van der Waals surface area contributed by atoms with Crippen molar-refractivity contribution in [3.8, 4) is 0 Å². The van der Waals surface area contributed by atoms with Gasteiger partial charge in [-0.25, -0.2) is 4.79 Å². The highest BCUT2D eigenvalue weighted by molar-refractivity contribution is 5.91. The van der Waals surface area contributed by atoms with Crippen molar-refractivity contribution in [2.24, 2.45) is 0 Å². The van der Waals surface area contributed by atoms with Crippen LogP contribution in [0.5, 0.6) is 0 Å². The molecule has 0 heterocycles. The third kappa shape index (κ3) is 2.50. The van der Waals surface area contributed by atoms with Gasteiger partial charge in [-0.1, -0.05) is 6.07 Å². The average molecular weight is 234 g/mol. The molecule has 0 aromatic heterocycles. The molecule has 1 aliphatic rings. The van der Waals surface area contributed by atoms with Crippen molar-refractivity contribution >= 4 is 5.97 Å². The normalized spacial score (nSPS) is 16.7. The quantitative estimate of drug-likeness (QED) is 0.815. The fraction of sp³-hybridized carbons (Fsp3) is 0.500. The molecule has 0 spiro atoms. The lowest BCUT2D eigenvalue weighted by Gasteiger charge is -2.13. The van der Waals surface area contributed by atoms with E-state index in [1.807, 2.05) is 26.0 Å². The molecule has 92 valence electrons. The third-order valence-corrected chi connectivity index (χ3v) is 3.49. The van der Waals surface area contributed by atoms with Crippen LogP contribution in [0.25, 0.3) is 0 Å². The summed E-state index contributed by atoms with van der Waals surface area (Å²) in [5.74, 6) is -0.310. The molecule has 0 unspecified atom stereocenters. The van der Waals surface area contributed by atoms with E-state index in [1.54, 1.807) is 0 Å². The Hall–Kier alpha value is -1.35. The number of methoxy groups -OCH3 is 1. The Kier molecular flexibility index (Phi) is 2.96. The standard InChI is InChI=1S/C14H18O3/c1-9-6-11(8-14(16)4-5-14)7-12(10(9)2)13(15)17-3/h6-7,16H,4-5,8H2,1-3H3. The molecule has 2 rings (SSSR count). The van der Waals surface area contributed by atoms with Crippen LogP contribution in [0.4, 0.5) is 0 Å². The monoisotopic (exact) mass is 234 g/mol. The first kappa shape index (κ1) is 12.1. The van der Waals surface area contributed by atoms with E-state index in [0.29, 0.717) is 12.0 Å². The molecule has 3 heteroatoms. The third-order valence-electron chi connectivity index (χ3n) is 3.49. The first-order chi connectivity index (χ1) is 7.95. The number of carbonyl (C=O) groups is 1. The SMILES string of the molecule is COC(=O)c1cc(CC2(O)CC2)cc(C)c1C. The largest absolute Gasteiger partial charge is 0.465 e. The second-order valence-corrected chi connectivity index (χ2v) is 4.98. The zero-order valence-corrected chi connectivity index (χ0v) is 10.5. The van der Waals surface area contributed by atoms with Crippen LogP contribution in [-0.4, -0.2) is 23.8 Å². The van der Waals surface area contributed by atoms with Crippen LogP contribution in [0.1, 0.15) is 39.9 Å². The lowest BCUT2D eigenvalue weighted by molar-refractivity contribution is 0.0599. The summed E-state index contributed by atoms with van der Waals surface area (Å²) >= 11 is 0. The van der Waals surface area contributed by atoms with Crippen molar-refractivity contribution in [2.75, 3.05) is 7.11 Å². The van der Waals surface area contributed by atoms with E-state index in [-0.39, 0.29) is 5.97 Å². The van der Waals surface area contributed by atoms with Crippen molar-refractivity contribution in [1.29, 1.82) is 0 Å². The lowest BCUT2D eigenvalue weighted by atomic mass is 9.96. The molecular weight excluding hydrogens is 216 g/mol. The molecule has 1 aromatic carbocycles. The summed E-state index contributed by atoms with van der Waals surface area (Å²) in [4.78, 5) is 11.6. The molecule has 1 aliphatic carbocycles. The van der Waals surface area contributed by atoms with E-state index >= 15 is 0 Å². The Bertz CT molecular complexity index is 459. The number of aliphatic hydroxyl groups is 1. The molecule has 17 heavy (non-hydrogen) atoms. The van der Waals surface area contributed by atoms with E-state index in [0.717, 1.165) is 29.5 Å². The minimum atomic E-state index is -0.533. The van der Waals surface area contributed by atoms with Gasteiger partial charge >= 0.3 is 5.97 Å². The Morgan fingerprint density at radius 3 is 2.59 bits per heavy atom. The molecular formula is C14H18O3. The number of benzene rings is 1. The van der Waals surface area contributed by atoms with Gasteiger partial charge in [0.25, 0.3) is 0 Å². The van der Waals surface area contributed by atoms with Gasteiger partial charge in [-0.2, -0.15) is 0 Å². The van der Waals surface area contributed by atoms with Crippen LogP contribution in [0, 0.1) is 13.8 Å². The maximum atomic E-state index is 11.6. The Balaban J connectivity index is 2.35. The van der Waals surface area contributed by atoms with Gasteiger partial charge in [-0.15, -0.1) is 0 Å². The Morgan fingerprint density at radius 1 is 1.41 bits per heavy atom. The molecule has 1 saturated carbocycles. The summed E-state index contributed by atoms with van der Waals surface area (Å²) in [6, 6.07) is 3.88. The van der Waals surface area contributed by atoms with Crippen molar-refractivity contribution in [1.82, 2.24) is 0 Å². The van der Waals surface area contributed by atoms with Crippen LogP contribution in [0.2, 0.25) is 0 Å². The minimum Gasteiger partial charge on any atom is -0.465 e. The van der Waals surface area contributed by atoms with Gasteiger partial charge in [0.1, 0.15) is 0 Å². The number of hydrogen-bond donors (Lipinski definition) is 1. The summed E-state index contributed by atoms with van der Waals surface area (Å²) in [5.41, 5.74) is 3.09. The topological polar surface area (TPSA) is 46.5 Å². The Morgan fingerprint density at radius 2 is 2.06 bits per heavy atom. The maximum absolute atomic E-state index is 11.6. The second-order valence-electron chi connectivity index (χ2n) is 4.98. The van der Waals surface area contributed by atoms with Crippen LogP contribution in [0.3, 0.4) is 0 Å². The second kappa shape index (κ2) is 4.15. The van der Waals surface area contributed by atoms with E-state index in [9.17, 15) is 9.90 Å². The molecule has 0 radical (unpaired) electrons. The van der Waals surface area contributed by atoms with Gasteiger partial charge in [0.2, 0.25) is 0 Å². The van der Waals surface area contributed by atoms with Crippen molar-refractivity contribution in [2.45, 2.75) is 38.7 Å². The number of rotatable bonds is 3. The zero-order chi connectivity index (χ0) is 12.6. The molecule has 0 saturated heterocycles. The highest BCUT2D eigenvalue weighted by Gasteiger charge is 2.40. The fourth-order valence-electron chi connectivity index (χ4n) is 2.06. The van der Waals surface area contributed by atoms with Gasteiger partial charge in [-0.05, 0) is 49.4 Å². The maximum Gasteiger partial charge on any atom is 0.338 e. The smallest absolute Gasteiger partial charge is 0.338 e. The predicted octanol–water partition coefficient (Wildman–Crippen LogP) is 2.16. The molecule has 1 fully saturated rings. The summed E-state index contributed by atoms with van der Waals surface area (Å²) < 4.78 is 4.77. The number of esters is 1.